The number of rotatable bonds is 4. The molecule has 0 aromatic carbocycles. The summed E-state index contributed by atoms with van der Waals surface area (Å²) in [4.78, 5) is 33.0. The van der Waals surface area contributed by atoms with Crippen molar-refractivity contribution in [3.05, 3.63) is 18.5 Å². The van der Waals surface area contributed by atoms with Gasteiger partial charge in [-0.3, -0.25) is 9.69 Å². The summed E-state index contributed by atoms with van der Waals surface area (Å²) in [5, 5.41) is 10.5. The van der Waals surface area contributed by atoms with Crippen molar-refractivity contribution < 1.29 is 32.6 Å². The Labute approximate surface area is 172 Å². The number of aliphatic carboxylic acids is 1. The molecule has 3 rings (SSSR count). The minimum atomic E-state index is -5.08. The van der Waals surface area contributed by atoms with Crippen LogP contribution in [-0.2, 0) is 14.3 Å². The second kappa shape index (κ2) is 10.0. The van der Waals surface area contributed by atoms with Crippen LogP contribution in [0, 0.1) is 0 Å². The molecule has 1 aromatic heterocycles. The van der Waals surface area contributed by atoms with E-state index in [0.29, 0.717) is 19.1 Å². The molecular weight excluding hydrogens is 407 g/mol. The molecule has 1 amide bonds. The molecule has 0 saturated carbocycles. The number of carboxylic acid groups (broad SMARTS) is 1. The Hall–Kier alpha value is -2.47. The highest BCUT2D eigenvalue weighted by atomic mass is 19.4. The Balaban J connectivity index is 0.000000396. The number of piperidine rings is 1. The smallest absolute Gasteiger partial charge is 0.475 e. The summed E-state index contributed by atoms with van der Waals surface area (Å²) in [5.41, 5.74) is -0.0515. The maximum atomic E-state index is 11.8. The Morgan fingerprint density at radius 2 is 1.87 bits per heavy atom. The van der Waals surface area contributed by atoms with E-state index in [-0.39, 0.29) is 17.6 Å². The number of amides is 1. The first-order valence-electron chi connectivity index (χ1n) is 9.41. The SMILES string of the molecule is CN(C)C(=O)CN1CCC2(CC1)CC(Nc1ncccn1)CO2.O=C(O)C(F)(F)F. The van der Waals surface area contributed by atoms with E-state index in [9.17, 15) is 18.0 Å². The number of likely N-dealkylation sites (N-methyl/N-ethyl adjacent to an activating group) is 1. The van der Waals surface area contributed by atoms with Crippen LogP contribution < -0.4 is 5.32 Å². The average Bonchev–Trinajstić information content (AvgIpc) is 3.06. The minimum Gasteiger partial charge on any atom is -0.475 e. The molecular formula is C18H26F3N5O4. The predicted molar refractivity (Wildman–Crippen MR) is 101 cm³/mol. The Kier molecular flexibility index (Phi) is 7.96. The Morgan fingerprint density at radius 3 is 2.37 bits per heavy atom. The summed E-state index contributed by atoms with van der Waals surface area (Å²) >= 11 is 0. The van der Waals surface area contributed by atoms with Gasteiger partial charge in [0, 0.05) is 39.6 Å². The number of carboxylic acids is 1. The van der Waals surface area contributed by atoms with E-state index < -0.39 is 12.1 Å². The maximum Gasteiger partial charge on any atom is 0.490 e. The molecule has 2 aliphatic heterocycles. The molecule has 0 bridgehead atoms. The lowest BCUT2D eigenvalue weighted by molar-refractivity contribution is -0.192. The second-order valence-electron chi connectivity index (χ2n) is 7.48. The zero-order chi connectivity index (χ0) is 22.4. The molecule has 9 nitrogen and oxygen atoms in total. The zero-order valence-electron chi connectivity index (χ0n) is 16.9. The summed E-state index contributed by atoms with van der Waals surface area (Å²) in [6.45, 7) is 3.01. The molecule has 1 atom stereocenters. The number of carbonyl (C=O) groups excluding carboxylic acids is 1. The summed E-state index contributed by atoms with van der Waals surface area (Å²) in [6.07, 6.45) is 1.31. The van der Waals surface area contributed by atoms with E-state index in [0.717, 1.165) is 32.4 Å². The van der Waals surface area contributed by atoms with Gasteiger partial charge >= 0.3 is 12.1 Å². The van der Waals surface area contributed by atoms with Crippen molar-refractivity contribution in [2.24, 2.45) is 0 Å². The molecule has 2 aliphatic rings. The van der Waals surface area contributed by atoms with Gasteiger partial charge in [-0.15, -0.1) is 0 Å². The van der Waals surface area contributed by atoms with Gasteiger partial charge < -0.3 is 20.1 Å². The maximum absolute atomic E-state index is 11.8. The average molecular weight is 433 g/mol. The van der Waals surface area contributed by atoms with Gasteiger partial charge in [0.25, 0.3) is 0 Å². The van der Waals surface area contributed by atoms with Crippen molar-refractivity contribution in [2.45, 2.75) is 37.1 Å². The summed E-state index contributed by atoms with van der Waals surface area (Å²) in [6, 6.07) is 2.06. The number of likely N-dealkylation sites (tertiary alicyclic amines) is 1. The number of hydrogen-bond donors (Lipinski definition) is 2. The third-order valence-corrected chi connectivity index (χ3v) is 4.98. The second-order valence-corrected chi connectivity index (χ2v) is 7.48. The van der Waals surface area contributed by atoms with Gasteiger partial charge in [0.05, 0.1) is 24.8 Å². The minimum absolute atomic E-state index is 0.0515. The van der Waals surface area contributed by atoms with Crippen LogP contribution in [0.15, 0.2) is 18.5 Å². The topological polar surface area (TPSA) is 108 Å². The molecule has 2 saturated heterocycles. The van der Waals surface area contributed by atoms with Crippen LogP contribution in [0.3, 0.4) is 0 Å². The van der Waals surface area contributed by atoms with Crippen LogP contribution in [0.5, 0.6) is 0 Å². The number of anilines is 1. The van der Waals surface area contributed by atoms with E-state index in [1.165, 1.54) is 0 Å². The quantitative estimate of drug-likeness (QED) is 0.730. The third-order valence-electron chi connectivity index (χ3n) is 4.98. The van der Waals surface area contributed by atoms with Crippen molar-refractivity contribution in [3.8, 4) is 0 Å². The molecule has 2 N–H and O–H groups in total. The number of hydrogen-bond acceptors (Lipinski definition) is 7. The Bertz CT molecular complexity index is 710. The highest BCUT2D eigenvalue weighted by molar-refractivity contribution is 5.77. The standard InChI is InChI=1S/C16H25N5O2.C2HF3O2/c1-20(2)14(22)11-21-8-4-16(5-9-21)10-13(12-23-16)19-15-17-6-3-7-18-15;3-2(4,5)1(6)7/h3,6-7,13H,4-5,8-12H2,1-2H3,(H,17,18,19);(H,6,7). The van der Waals surface area contributed by atoms with E-state index >= 15 is 0 Å². The molecule has 3 heterocycles. The van der Waals surface area contributed by atoms with E-state index in [1.54, 1.807) is 31.4 Å². The van der Waals surface area contributed by atoms with Crippen molar-refractivity contribution >= 4 is 17.8 Å². The zero-order valence-corrected chi connectivity index (χ0v) is 16.9. The van der Waals surface area contributed by atoms with Crippen molar-refractivity contribution in [1.29, 1.82) is 0 Å². The van der Waals surface area contributed by atoms with Gasteiger partial charge in [0.15, 0.2) is 0 Å². The third kappa shape index (κ3) is 7.10. The van der Waals surface area contributed by atoms with Crippen LogP contribution >= 0.6 is 0 Å². The monoisotopic (exact) mass is 433 g/mol. The lowest BCUT2D eigenvalue weighted by Crippen LogP contribution is -2.47. The molecule has 0 aliphatic carbocycles. The molecule has 0 radical (unpaired) electrons. The molecule has 1 unspecified atom stereocenters. The van der Waals surface area contributed by atoms with Crippen molar-refractivity contribution in [3.63, 3.8) is 0 Å². The number of alkyl halides is 3. The number of aromatic nitrogens is 2. The van der Waals surface area contributed by atoms with Crippen molar-refractivity contribution in [1.82, 2.24) is 19.8 Å². The van der Waals surface area contributed by atoms with Gasteiger partial charge in [-0.25, -0.2) is 14.8 Å². The highest BCUT2D eigenvalue weighted by Crippen LogP contribution is 2.36. The fourth-order valence-corrected chi connectivity index (χ4v) is 3.29. The molecule has 30 heavy (non-hydrogen) atoms. The van der Waals surface area contributed by atoms with Gasteiger partial charge in [0.2, 0.25) is 11.9 Å². The number of halogens is 3. The Morgan fingerprint density at radius 1 is 1.30 bits per heavy atom. The predicted octanol–water partition coefficient (Wildman–Crippen LogP) is 1.23. The molecule has 1 spiro atoms. The first-order chi connectivity index (χ1) is 14.0. The van der Waals surface area contributed by atoms with Gasteiger partial charge in [-0.2, -0.15) is 13.2 Å². The fraction of sp³-hybridized carbons (Fsp3) is 0.667. The summed E-state index contributed by atoms with van der Waals surface area (Å²) in [5.74, 6) is -1.94. The molecule has 1 aromatic rings. The lowest BCUT2D eigenvalue weighted by atomic mass is 9.87. The first kappa shape index (κ1) is 23.8. The van der Waals surface area contributed by atoms with Crippen LogP contribution in [0.2, 0.25) is 0 Å². The summed E-state index contributed by atoms with van der Waals surface area (Å²) in [7, 11) is 3.60. The van der Waals surface area contributed by atoms with Crippen LogP contribution in [0.25, 0.3) is 0 Å². The highest BCUT2D eigenvalue weighted by Gasteiger charge is 2.43. The number of carbonyl (C=O) groups is 2. The van der Waals surface area contributed by atoms with E-state index in [2.05, 4.69) is 20.2 Å². The fourth-order valence-electron chi connectivity index (χ4n) is 3.29. The van der Waals surface area contributed by atoms with Gasteiger partial charge in [-0.05, 0) is 25.3 Å². The molecule has 168 valence electrons. The van der Waals surface area contributed by atoms with Gasteiger partial charge in [0.1, 0.15) is 0 Å². The number of nitrogens with zero attached hydrogens (tertiary/aromatic N) is 4. The molecule has 12 heteroatoms. The first-order valence-corrected chi connectivity index (χ1v) is 9.41. The van der Waals surface area contributed by atoms with Crippen LogP contribution in [0.1, 0.15) is 19.3 Å². The van der Waals surface area contributed by atoms with Gasteiger partial charge in [-0.1, -0.05) is 0 Å². The number of nitrogens with one attached hydrogen (secondary N) is 1. The lowest BCUT2D eigenvalue weighted by Gasteiger charge is -2.38. The summed E-state index contributed by atoms with van der Waals surface area (Å²) < 4.78 is 37.9. The number of ether oxygens (including phenoxy) is 1. The van der Waals surface area contributed by atoms with Crippen LogP contribution in [-0.4, -0.2) is 94.9 Å². The van der Waals surface area contributed by atoms with E-state index in [4.69, 9.17) is 14.6 Å². The van der Waals surface area contributed by atoms with E-state index in [1.807, 2.05) is 6.07 Å². The normalized spacial score (nSPS) is 20.9. The van der Waals surface area contributed by atoms with Crippen LogP contribution in [0.4, 0.5) is 19.1 Å². The van der Waals surface area contributed by atoms with Crippen molar-refractivity contribution in [2.75, 3.05) is 45.7 Å². The largest absolute Gasteiger partial charge is 0.490 e. The molecule has 2 fully saturated rings.